The van der Waals surface area contributed by atoms with Crippen molar-refractivity contribution >= 4 is 29.6 Å². The summed E-state index contributed by atoms with van der Waals surface area (Å²) in [6, 6.07) is 12.1. The zero-order valence-electron chi connectivity index (χ0n) is 16.4. The molecule has 0 bridgehead atoms. The first-order valence-electron chi connectivity index (χ1n) is 9.60. The maximum Gasteiger partial charge on any atom is 0.321 e. The summed E-state index contributed by atoms with van der Waals surface area (Å²) in [7, 11) is 0. The molecule has 3 aromatic rings. The van der Waals surface area contributed by atoms with Crippen LogP contribution in [0.25, 0.3) is 5.69 Å². The van der Waals surface area contributed by atoms with Gasteiger partial charge in [-0.25, -0.2) is 4.79 Å². The van der Waals surface area contributed by atoms with Crippen molar-refractivity contribution in [2.24, 2.45) is 0 Å². The Morgan fingerprint density at radius 1 is 1.19 bits per heavy atom. The monoisotopic (exact) mass is 440 g/mol. The third-order valence-corrected chi connectivity index (χ3v) is 5.46. The molecule has 3 heterocycles. The number of rotatable bonds is 8. The van der Waals surface area contributed by atoms with Crippen molar-refractivity contribution in [2.75, 3.05) is 5.75 Å². The van der Waals surface area contributed by atoms with Gasteiger partial charge in [-0.15, -0.1) is 10.2 Å². The number of para-hydroxylation sites is 1. The summed E-state index contributed by atoms with van der Waals surface area (Å²) in [4.78, 5) is 35.5. The Labute approximate surface area is 181 Å². The van der Waals surface area contributed by atoms with Crippen LogP contribution >= 0.6 is 11.8 Å². The summed E-state index contributed by atoms with van der Waals surface area (Å²) >= 11 is 1.25. The first-order chi connectivity index (χ1) is 15.1. The van der Waals surface area contributed by atoms with Crippen LogP contribution in [0.3, 0.4) is 0 Å². The molecule has 31 heavy (non-hydrogen) atoms. The lowest BCUT2D eigenvalue weighted by Gasteiger charge is -2.23. The third kappa shape index (κ3) is 5.31. The Hall–Kier alpha value is -3.60. The topological polar surface area (TPSA) is 131 Å². The van der Waals surface area contributed by atoms with Crippen molar-refractivity contribution in [1.82, 2.24) is 30.7 Å². The van der Waals surface area contributed by atoms with E-state index in [0.29, 0.717) is 29.7 Å². The van der Waals surface area contributed by atoms with Gasteiger partial charge in [-0.3, -0.25) is 19.5 Å². The van der Waals surface area contributed by atoms with E-state index in [2.05, 4.69) is 26.1 Å². The summed E-state index contributed by atoms with van der Waals surface area (Å²) in [5.41, 5.74) is 0.826. The molecule has 1 aliphatic heterocycles. The first kappa shape index (κ1) is 20.7. The van der Waals surface area contributed by atoms with Gasteiger partial charge >= 0.3 is 6.03 Å². The summed E-state index contributed by atoms with van der Waals surface area (Å²) < 4.78 is 7.04. The predicted octanol–water partition coefficient (Wildman–Crippen LogP) is 1.41. The number of imide groups is 1. The number of hydrogen-bond acceptors (Lipinski definition) is 7. The molecule has 1 aliphatic rings. The Morgan fingerprint density at radius 2 is 2.03 bits per heavy atom. The molecule has 1 saturated heterocycles. The Bertz CT molecular complexity index is 1050. The lowest BCUT2D eigenvalue weighted by Crippen LogP contribution is -2.53. The van der Waals surface area contributed by atoms with Gasteiger partial charge in [0.1, 0.15) is 11.6 Å². The quantitative estimate of drug-likeness (QED) is 0.451. The van der Waals surface area contributed by atoms with E-state index in [-0.39, 0.29) is 30.0 Å². The van der Waals surface area contributed by atoms with E-state index in [1.807, 2.05) is 34.9 Å². The number of amides is 4. The fourth-order valence-electron chi connectivity index (χ4n) is 3.16. The molecule has 1 atom stereocenters. The van der Waals surface area contributed by atoms with Crippen LogP contribution in [0.2, 0.25) is 0 Å². The number of hydrogen-bond donors (Lipinski definition) is 3. The van der Waals surface area contributed by atoms with Gasteiger partial charge in [0.2, 0.25) is 11.8 Å². The van der Waals surface area contributed by atoms with Crippen molar-refractivity contribution in [1.29, 1.82) is 0 Å². The molecule has 1 fully saturated rings. The van der Waals surface area contributed by atoms with Gasteiger partial charge < -0.3 is 15.1 Å². The van der Waals surface area contributed by atoms with E-state index >= 15 is 0 Å². The Morgan fingerprint density at radius 3 is 2.77 bits per heavy atom. The maximum atomic E-state index is 12.2. The summed E-state index contributed by atoms with van der Waals surface area (Å²) in [5, 5.41) is 16.8. The Kier molecular flexibility index (Phi) is 6.32. The van der Waals surface area contributed by atoms with Crippen LogP contribution in [0.15, 0.2) is 58.3 Å². The normalized spacial score (nSPS) is 15.9. The first-order valence-corrected chi connectivity index (χ1v) is 10.6. The molecule has 1 aromatic carbocycles. The fraction of sp³-hybridized carbons (Fsp3) is 0.250. The Balaban J connectivity index is 1.47. The van der Waals surface area contributed by atoms with Crippen LogP contribution in [0, 0.1) is 0 Å². The zero-order chi connectivity index (χ0) is 21.6. The maximum absolute atomic E-state index is 12.2. The average molecular weight is 440 g/mol. The minimum absolute atomic E-state index is 0.147. The number of carbonyl (C=O) groups is 3. The number of carbonyl (C=O) groups excluding carboxylic acids is 3. The van der Waals surface area contributed by atoms with Gasteiger partial charge in [0, 0.05) is 24.6 Å². The molecular formula is C20H20N6O4S. The summed E-state index contributed by atoms with van der Waals surface area (Å²) in [6.07, 6.45) is 2.04. The number of thioether (sulfide) groups is 1. The van der Waals surface area contributed by atoms with Crippen molar-refractivity contribution in [3.63, 3.8) is 0 Å². The number of nitrogens with one attached hydrogen (secondary N) is 3. The molecule has 11 heteroatoms. The van der Waals surface area contributed by atoms with Crippen LogP contribution < -0.4 is 16.0 Å². The summed E-state index contributed by atoms with van der Waals surface area (Å²) in [6.45, 7) is 0.312. The van der Waals surface area contributed by atoms with E-state index in [9.17, 15) is 14.4 Å². The van der Waals surface area contributed by atoms with Gasteiger partial charge in [0.25, 0.3) is 0 Å². The second kappa shape index (κ2) is 9.47. The highest BCUT2D eigenvalue weighted by Gasteiger charge is 2.26. The second-order valence-electron chi connectivity index (χ2n) is 6.84. The zero-order valence-corrected chi connectivity index (χ0v) is 17.2. The van der Waals surface area contributed by atoms with Gasteiger partial charge in [-0.1, -0.05) is 30.0 Å². The molecule has 0 aliphatic carbocycles. The van der Waals surface area contributed by atoms with Gasteiger partial charge in [-0.2, -0.15) is 0 Å². The lowest BCUT2D eigenvalue weighted by atomic mass is 10.1. The smallest absolute Gasteiger partial charge is 0.321 e. The average Bonchev–Trinajstić information content (AvgIpc) is 3.40. The highest BCUT2D eigenvalue weighted by Crippen LogP contribution is 2.23. The molecule has 0 radical (unpaired) electrons. The number of benzene rings is 1. The molecule has 4 rings (SSSR count). The van der Waals surface area contributed by atoms with Crippen molar-refractivity contribution in [3.8, 4) is 5.69 Å². The van der Waals surface area contributed by atoms with E-state index < -0.39 is 6.03 Å². The minimum atomic E-state index is -0.519. The van der Waals surface area contributed by atoms with E-state index in [0.717, 1.165) is 5.69 Å². The van der Waals surface area contributed by atoms with Crippen LogP contribution in [0.5, 0.6) is 0 Å². The number of aromatic nitrogens is 3. The molecule has 10 nitrogen and oxygen atoms in total. The van der Waals surface area contributed by atoms with Gasteiger partial charge in [0.15, 0.2) is 5.16 Å². The summed E-state index contributed by atoms with van der Waals surface area (Å²) in [5.74, 6) is 0.911. The van der Waals surface area contributed by atoms with Crippen LogP contribution in [0.1, 0.15) is 18.0 Å². The van der Waals surface area contributed by atoms with Crippen LogP contribution in [-0.4, -0.2) is 44.4 Å². The third-order valence-electron chi connectivity index (χ3n) is 4.54. The minimum Gasteiger partial charge on any atom is -0.467 e. The van der Waals surface area contributed by atoms with E-state index in [4.69, 9.17) is 4.42 Å². The number of nitrogens with zero attached hydrogens (tertiary/aromatic N) is 3. The highest BCUT2D eigenvalue weighted by molar-refractivity contribution is 7.99. The second-order valence-corrected chi connectivity index (χ2v) is 7.78. The SMILES string of the molecule is O=C(CSc1nnc(CC2CC(=O)NC(=O)N2)n1-c1ccccc1)NCc1ccco1. The fourth-order valence-corrected chi connectivity index (χ4v) is 3.96. The van der Waals surface area contributed by atoms with Crippen LogP contribution in [-0.2, 0) is 22.6 Å². The number of furan rings is 1. The largest absolute Gasteiger partial charge is 0.467 e. The number of urea groups is 1. The van der Waals surface area contributed by atoms with Crippen molar-refractivity contribution in [2.45, 2.75) is 30.6 Å². The highest BCUT2D eigenvalue weighted by atomic mass is 32.2. The molecule has 0 saturated carbocycles. The predicted molar refractivity (Wildman–Crippen MR) is 111 cm³/mol. The molecule has 3 N–H and O–H groups in total. The lowest BCUT2D eigenvalue weighted by molar-refractivity contribution is -0.121. The van der Waals surface area contributed by atoms with E-state index in [1.54, 1.807) is 18.4 Å². The molecule has 4 amide bonds. The molecular weight excluding hydrogens is 420 g/mol. The molecule has 2 aromatic heterocycles. The van der Waals surface area contributed by atoms with Gasteiger partial charge in [0.05, 0.1) is 18.6 Å². The molecule has 1 unspecified atom stereocenters. The molecule has 0 spiro atoms. The van der Waals surface area contributed by atoms with Crippen molar-refractivity contribution in [3.05, 3.63) is 60.3 Å². The van der Waals surface area contributed by atoms with Crippen molar-refractivity contribution < 1.29 is 18.8 Å². The van der Waals surface area contributed by atoms with Crippen LogP contribution in [0.4, 0.5) is 4.79 Å². The molecule has 160 valence electrons. The van der Waals surface area contributed by atoms with E-state index in [1.165, 1.54) is 11.8 Å². The standard InChI is InChI=1S/C20H20N6O4S/c27-17-10-13(22-19(29)23-17)9-16-24-25-20(26(16)14-5-2-1-3-6-14)31-12-18(28)21-11-15-7-4-8-30-15/h1-8,13H,9-12H2,(H,21,28)(H2,22,23,27,29). The van der Waals surface area contributed by atoms with Gasteiger partial charge in [-0.05, 0) is 24.3 Å².